The lowest BCUT2D eigenvalue weighted by atomic mass is 10.2. The van der Waals surface area contributed by atoms with Gasteiger partial charge < -0.3 is 14.0 Å². The van der Waals surface area contributed by atoms with E-state index < -0.39 is 5.97 Å². The van der Waals surface area contributed by atoms with Gasteiger partial charge >= 0.3 is 5.97 Å². The number of carbonyl (C=O) groups excluding carboxylic acids is 1. The molecular weight excluding hydrogens is 378 g/mol. The molecule has 28 heavy (non-hydrogen) atoms. The van der Waals surface area contributed by atoms with E-state index in [9.17, 15) is 4.79 Å². The number of hydrogen-bond acceptors (Lipinski definition) is 6. The number of rotatable bonds is 10. The summed E-state index contributed by atoms with van der Waals surface area (Å²) in [6.07, 6.45) is 4.18. The predicted octanol–water partition coefficient (Wildman–Crippen LogP) is 4.66. The molecule has 2 rings (SSSR count). The number of nitrogens with zero attached hydrogens (tertiary/aromatic N) is 5. The lowest BCUT2D eigenvalue weighted by Crippen LogP contribution is -2.08. The molecule has 8 nitrogen and oxygen atoms in total. The van der Waals surface area contributed by atoms with Crippen LogP contribution in [0, 0.1) is 0 Å². The van der Waals surface area contributed by atoms with Crippen molar-refractivity contribution in [2.45, 2.75) is 32.0 Å². The number of imidazole rings is 1. The molecule has 0 aliphatic heterocycles. The van der Waals surface area contributed by atoms with Crippen molar-refractivity contribution in [3.8, 4) is 5.75 Å². The molecule has 1 aromatic carbocycles. The van der Waals surface area contributed by atoms with Gasteiger partial charge in [-0.3, -0.25) is 0 Å². The first-order chi connectivity index (χ1) is 13.6. The van der Waals surface area contributed by atoms with Crippen LogP contribution in [0.2, 0.25) is 0 Å². The van der Waals surface area contributed by atoms with Crippen molar-refractivity contribution in [2.75, 3.05) is 19.5 Å². The minimum Gasteiger partial charge on any atom is -0.497 e. The van der Waals surface area contributed by atoms with Gasteiger partial charge in [-0.1, -0.05) is 35.9 Å². The monoisotopic (exact) mass is 401 g/mol. The van der Waals surface area contributed by atoms with Crippen LogP contribution in [0.15, 0.2) is 46.4 Å². The Labute approximate surface area is 168 Å². The van der Waals surface area contributed by atoms with Crippen LogP contribution in [-0.4, -0.2) is 35.0 Å². The molecular formula is C19H23N5O3S. The predicted molar refractivity (Wildman–Crippen MR) is 109 cm³/mol. The molecule has 0 aliphatic rings. The fourth-order valence-electron chi connectivity index (χ4n) is 2.39. The second-order valence-electron chi connectivity index (χ2n) is 5.69. The van der Waals surface area contributed by atoms with Crippen molar-refractivity contribution in [1.29, 1.82) is 0 Å². The summed E-state index contributed by atoms with van der Waals surface area (Å²) in [4.78, 5) is 19.3. The molecule has 0 atom stereocenters. The molecule has 0 aliphatic carbocycles. The first kappa shape index (κ1) is 21.4. The van der Waals surface area contributed by atoms with Gasteiger partial charge in [0.2, 0.25) is 0 Å². The lowest BCUT2D eigenvalue weighted by Gasteiger charge is -2.11. The van der Waals surface area contributed by atoms with Gasteiger partial charge in [-0.05, 0) is 42.6 Å². The number of hydrogen-bond donors (Lipinski definition) is 0. The minimum absolute atomic E-state index is 0.104. The molecule has 0 amide bonds. The summed E-state index contributed by atoms with van der Waals surface area (Å²) >= 11 is 1.63. The standard InChI is InChI=1S/C19H23N5O3S/c1-4-10-28-19-21-12-15(11-17(22-23-20)18(25)27-5-2)24(19)13-14-6-8-16(26-3)9-7-14/h6-9,11-12H,4-5,10,13H2,1-3H3/b17-11-. The highest BCUT2D eigenvalue weighted by Crippen LogP contribution is 2.23. The van der Waals surface area contributed by atoms with Crippen LogP contribution < -0.4 is 4.74 Å². The lowest BCUT2D eigenvalue weighted by molar-refractivity contribution is -0.138. The second-order valence-corrected chi connectivity index (χ2v) is 6.75. The maximum atomic E-state index is 12.1. The fraction of sp³-hybridized carbons (Fsp3) is 0.368. The quantitative estimate of drug-likeness (QED) is 0.144. The molecule has 1 heterocycles. The summed E-state index contributed by atoms with van der Waals surface area (Å²) in [6.45, 7) is 4.54. The van der Waals surface area contributed by atoms with Crippen LogP contribution in [0.3, 0.4) is 0 Å². The number of azide groups is 1. The fourth-order valence-corrected chi connectivity index (χ4v) is 3.23. The first-order valence-corrected chi connectivity index (χ1v) is 9.86. The molecule has 0 unspecified atom stereocenters. The van der Waals surface area contributed by atoms with Gasteiger partial charge in [-0.15, -0.1) is 0 Å². The van der Waals surface area contributed by atoms with Gasteiger partial charge in [0.1, 0.15) is 11.4 Å². The Morgan fingerprint density at radius 2 is 2.11 bits per heavy atom. The third-order valence-electron chi connectivity index (χ3n) is 3.71. The molecule has 0 fully saturated rings. The topological polar surface area (TPSA) is 102 Å². The van der Waals surface area contributed by atoms with E-state index in [2.05, 4.69) is 21.9 Å². The summed E-state index contributed by atoms with van der Waals surface area (Å²) in [5.41, 5.74) is 10.4. The molecule has 0 saturated heterocycles. The second kappa shape index (κ2) is 11.1. The number of benzene rings is 1. The van der Waals surface area contributed by atoms with Gasteiger partial charge in [-0.25, -0.2) is 9.78 Å². The minimum atomic E-state index is -0.666. The van der Waals surface area contributed by atoms with Crippen molar-refractivity contribution in [3.63, 3.8) is 0 Å². The van der Waals surface area contributed by atoms with Crippen LogP contribution >= 0.6 is 11.8 Å². The van der Waals surface area contributed by atoms with Crippen LogP contribution in [0.5, 0.6) is 5.75 Å². The first-order valence-electron chi connectivity index (χ1n) is 8.88. The van der Waals surface area contributed by atoms with Gasteiger partial charge in [-0.2, -0.15) is 0 Å². The molecule has 0 radical (unpaired) electrons. The largest absolute Gasteiger partial charge is 0.497 e. The Kier molecular flexibility index (Phi) is 8.45. The zero-order valence-corrected chi connectivity index (χ0v) is 17.0. The summed E-state index contributed by atoms with van der Waals surface area (Å²) < 4.78 is 12.1. The highest BCUT2D eigenvalue weighted by Gasteiger charge is 2.14. The normalized spacial score (nSPS) is 11.0. The van der Waals surface area contributed by atoms with E-state index in [-0.39, 0.29) is 12.3 Å². The molecule has 0 saturated carbocycles. The average molecular weight is 401 g/mol. The number of methoxy groups -OCH3 is 1. The van der Waals surface area contributed by atoms with Crippen LogP contribution in [0.4, 0.5) is 0 Å². The van der Waals surface area contributed by atoms with Crippen molar-refractivity contribution < 1.29 is 14.3 Å². The smallest absolute Gasteiger partial charge is 0.340 e. The number of aromatic nitrogens is 2. The zero-order valence-electron chi connectivity index (χ0n) is 16.2. The SMILES string of the molecule is CCCSc1ncc(/C=C(\N=[N+]=[N-])C(=O)OCC)n1Cc1ccc(OC)cc1. The molecule has 148 valence electrons. The van der Waals surface area contributed by atoms with Crippen molar-refractivity contribution >= 4 is 23.8 Å². The highest BCUT2D eigenvalue weighted by atomic mass is 32.2. The number of esters is 1. The maximum Gasteiger partial charge on any atom is 0.340 e. The van der Waals surface area contributed by atoms with Gasteiger partial charge in [0.15, 0.2) is 5.16 Å². The van der Waals surface area contributed by atoms with E-state index in [0.29, 0.717) is 12.2 Å². The Bertz CT molecular complexity index is 870. The zero-order chi connectivity index (χ0) is 20.4. The van der Waals surface area contributed by atoms with E-state index >= 15 is 0 Å². The van der Waals surface area contributed by atoms with Crippen molar-refractivity contribution in [2.24, 2.45) is 5.11 Å². The number of thioether (sulfide) groups is 1. The van der Waals surface area contributed by atoms with Crippen LogP contribution in [0.25, 0.3) is 16.5 Å². The third-order valence-corrected chi connectivity index (χ3v) is 4.90. The van der Waals surface area contributed by atoms with Crippen molar-refractivity contribution in [1.82, 2.24) is 9.55 Å². The van der Waals surface area contributed by atoms with E-state index in [0.717, 1.165) is 28.6 Å². The van der Waals surface area contributed by atoms with Crippen molar-refractivity contribution in [3.05, 3.63) is 57.9 Å². The Morgan fingerprint density at radius 3 is 2.71 bits per heavy atom. The summed E-state index contributed by atoms with van der Waals surface area (Å²) in [5.74, 6) is 1.03. The summed E-state index contributed by atoms with van der Waals surface area (Å²) in [6, 6.07) is 7.73. The van der Waals surface area contributed by atoms with E-state index in [1.807, 2.05) is 28.8 Å². The average Bonchev–Trinajstić information content (AvgIpc) is 3.08. The summed E-state index contributed by atoms with van der Waals surface area (Å²) in [5, 5.41) is 4.31. The molecule has 0 bridgehead atoms. The molecule has 1 aromatic heterocycles. The van der Waals surface area contributed by atoms with E-state index in [1.165, 1.54) is 6.08 Å². The molecule has 2 aromatic rings. The Balaban J connectivity index is 2.42. The van der Waals surface area contributed by atoms with Gasteiger partial charge in [0, 0.05) is 10.7 Å². The Morgan fingerprint density at radius 1 is 1.36 bits per heavy atom. The molecule has 0 spiro atoms. The highest BCUT2D eigenvalue weighted by molar-refractivity contribution is 7.99. The third kappa shape index (κ3) is 5.80. The van der Waals surface area contributed by atoms with Crippen LogP contribution in [0.1, 0.15) is 31.5 Å². The maximum absolute atomic E-state index is 12.1. The Hall–Kier alpha value is -2.90. The van der Waals surface area contributed by atoms with Crippen LogP contribution in [-0.2, 0) is 16.1 Å². The van der Waals surface area contributed by atoms with E-state index in [1.54, 1.807) is 32.0 Å². The molecule has 9 heteroatoms. The molecule has 0 N–H and O–H groups in total. The summed E-state index contributed by atoms with van der Waals surface area (Å²) in [7, 11) is 1.62. The van der Waals surface area contributed by atoms with E-state index in [4.69, 9.17) is 15.0 Å². The number of ether oxygens (including phenoxy) is 2. The number of carbonyl (C=O) groups is 1. The van der Waals surface area contributed by atoms with Gasteiger partial charge in [0.25, 0.3) is 0 Å². The van der Waals surface area contributed by atoms with Gasteiger partial charge in [0.05, 0.1) is 32.2 Å².